The molecule has 0 bridgehead atoms. The van der Waals surface area contributed by atoms with Gasteiger partial charge in [0.2, 0.25) is 0 Å². The van der Waals surface area contributed by atoms with E-state index in [4.69, 9.17) is 10.4 Å². The van der Waals surface area contributed by atoms with Gasteiger partial charge in [0.1, 0.15) is 0 Å². The summed E-state index contributed by atoms with van der Waals surface area (Å²) in [6.07, 6.45) is 0.486. The number of carbonyl (C=O) groups is 2. The first-order chi connectivity index (χ1) is 9.40. The number of nitrogens with one attached hydrogen (secondary N) is 1. The zero-order valence-electron chi connectivity index (χ0n) is 10.6. The maximum Gasteiger partial charge on any atom is 0.336 e. The first-order valence-electron chi connectivity index (χ1n) is 5.80. The number of halogens is 2. The zero-order valence-corrected chi connectivity index (χ0v) is 10.6. The molecule has 0 heterocycles. The van der Waals surface area contributed by atoms with Gasteiger partial charge in [0.05, 0.1) is 23.6 Å². The van der Waals surface area contributed by atoms with Crippen LogP contribution in [0.15, 0.2) is 12.1 Å². The number of hydrogen-bond donors (Lipinski definition) is 2. The highest BCUT2D eigenvalue weighted by molar-refractivity contribution is 6.04. The molecule has 7 heteroatoms. The van der Waals surface area contributed by atoms with Gasteiger partial charge >= 0.3 is 5.97 Å². The van der Waals surface area contributed by atoms with Crippen LogP contribution in [0.4, 0.5) is 8.78 Å². The third-order valence-electron chi connectivity index (χ3n) is 2.70. The number of aromatic carboxylic acids is 1. The van der Waals surface area contributed by atoms with Crippen LogP contribution >= 0.6 is 0 Å². The number of carbonyl (C=O) groups excluding carboxylic acids is 1. The summed E-state index contributed by atoms with van der Waals surface area (Å²) in [7, 11) is 0. The third kappa shape index (κ3) is 3.51. The molecule has 1 aromatic rings. The fourth-order valence-electron chi connectivity index (χ4n) is 1.58. The average Bonchev–Trinajstić information content (AvgIpc) is 2.40. The Bertz CT molecular complexity index is 582. The van der Waals surface area contributed by atoms with Gasteiger partial charge in [-0.05, 0) is 18.6 Å². The molecule has 20 heavy (non-hydrogen) atoms. The Morgan fingerprint density at radius 3 is 2.35 bits per heavy atom. The standard InChI is InChI=1S/C13H12F2N2O3/c1-2-7(3-4-16)17-12(18)8-5-10(14)11(15)6-9(8)13(19)20/h5-7H,2-3H2,1H3,(H,17,18)(H,19,20). The number of amides is 1. The molecule has 0 aliphatic heterocycles. The number of nitrogens with zero attached hydrogens (tertiary/aromatic N) is 1. The van der Waals surface area contributed by atoms with Crippen LogP contribution < -0.4 is 5.32 Å². The lowest BCUT2D eigenvalue weighted by atomic mass is 10.0. The van der Waals surface area contributed by atoms with Crippen molar-refractivity contribution in [2.45, 2.75) is 25.8 Å². The Morgan fingerprint density at radius 2 is 1.90 bits per heavy atom. The molecule has 2 N–H and O–H groups in total. The lowest BCUT2D eigenvalue weighted by molar-refractivity contribution is 0.0689. The van der Waals surface area contributed by atoms with Gasteiger partial charge in [-0.1, -0.05) is 6.92 Å². The molecule has 0 saturated heterocycles. The van der Waals surface area contributed by atoms with E-state index in [0.717, 1.165) is 0 Å². The monoisotopic (exact) mass is 282 g/mol. The van der Waals surface area contributed by atoms with Crippen LogP contribution in [-0.4, -0.2) is 23.0 Å². The smallest absolute Gasteiger partial charge is 0.336 e. The fraction of sp³-hybridized carbons (Fsp3) is 0.308. The Hall–Kier alpha value is -2.49. The molecule has 1 amide bonds. The Morgan fingerprint density at radius 1 is 1.35 bits per heavy atom. The number of hydrogen-bond acceptors (Lipinski definition) is 3. The Balaban J connectivity index is 3.12. The minimum absolute atomic E-state index is 0.0360. The van der Waals surface area contributed by atoms with E-state index in [2.05, 4.69) is 5.32 Å². The van der Waals surface area contributed by atoms with E-state index < -0.39 is 40.7 Å². The van der Waals surface area contributed by atoms with Crippen LogP contribution in [0.1, 0.15) is 40.5 Å². The molecule has 0 aliphatic carbocycles. The van der Waals surface area contributed by atoms with Gasteiger partial charge in [0, 0.05) is 6.04 Å². The van der Waals surface area contributed by atoms with Gasteiger partial charge < -0.3 is 10.4 Å². The van der Waals surface area contributed by atoms with Crippen LogP contribution in [0.5, 0.6) is 0 Å². The lowest BCUT2D eigenvalue weighted by Crippen LogP contribution is -2.35. The summed E-state index contributed by atoms with van der Waals surface area (Å²) >= 11 is 0. The second-order valence-corrected chi connectivity index (χ2v) is 4.06. The molecule has 0 fully saturated rings. The van der Waals surface area contributed by atoms with E-state index in [1.807, 2.05) is 6.07 Å². The lowest BCUT2D eigenvalue weighted by Gasteiger charge is -2.14. The van der Waals surface area contributed by atoms with E-state index in [9.17, 15) is 18.4 Å². The molecule has 0 saturated carbocycles. The van der Waals surface area contributed by atoms with Crippen LogP contribution in [0, 0.1) is 23.0 Å². The zero-order chi connectivity index (χ0) is 15.3. The molecule has 5 nitrogen and oxygen atoms in total. The van der Waals surface area contributed by atoms with Crippen molar-refractivity contribution in [3.8, 4) is 6.07 Å². The van der Waals surface area contributed by atoms with Crippen molar-refractivity contribution in [3.63, 3.8) is 0 Å². The van der Waals surface area contributed by atoms with Crippen molar-refractivity contribution in [1.82, 2.24) is 5.32 Å². The van der Waals surface area contributed by atoms with E-state index in [0.29, 0.717) is 18.6 Å². The SMILES string of the molecule is CCC(CC#N)NC(=O)c1cc(F)c(F)cc1C(=O)O. The van der Waals surface area contributed by atoms with Crippen LogP contribution in [0.2, 0.25) is 0 Å². The van der Waals surface area contributed by atoms with Gasteiger partial charge in [-0.15, -0.1) is 0 Å². The molecule has 0 aromatic heterocycles. The first-order valence-corrected chi connectivity index (χ1v) is 5.80. The number of rotatable bonds is 5. The van der Waals surface area contributed by atoms with Gasteiger partial charge in [-0.2, -0.15) is 5.26 Å². The van der Waals surface area contributed by atoms with Crippen LogP contribution in [-0.2, 0) is 0 Å². The normalized spacial score (nSPS) is 11.5. The molecule has 0 aliphatic rings. The quantitative estimate of drug-likeness (QED) is 0.865. The third-order valence-corrected chi connectivity index (χ3v) is 2.70. The number of nitriles is 1. The molecule has 1 rings (SSSR count). The summed E-state index contributed by atoms with van der Waals surface area (Å²) in [5.41, 5.74) is -1.11. The average molecular weight is 282 g/mol. The summed E-state index contributed by atoms with van der Waals surface area (Å²) in [5.74, 6) is -5.05. The second kappa shape index (κ2) is 6.61. The van der Waals surface area contributed by atoms with Gasteiger partial charge in [-0.3, -0.25) is 4.79 Å². The summed E-state index contributed by atoms with van der Waals surface area (Å²) in [6, 6.07) is 2.38. The minimum Gasteiger partial charge on any atom is -0.478 e. The topological polar surface area (TPSA) is 90.2 Å². The van der Waals surface area contributed by atoms with Crippen molar-refractivity contribution < 1.29 is 23.5 Å². The molecule has 0 spiro atoms. The maximum absolute atomic E-state index is 13.2. The van der Waals surface area contributed by atoms with E-state index >= 15 is 0 Å². The Kier molecular flexibility index (Phi) is 5.15. The van der Waals surface area contributed by atoms with Crippen molar-refractivity contribution >= 4 is 11.9 Å². The largest absolute Gasteiger partial charge is 0.478 e. The predicted octanol–water partition coefficient (Wildman–Crippen LogP) is 2.09. The molecule has 0 radical (unpaired) electrons. The molecular formula is C13H12F2N2O3. The van der Waals surface area contributed by atoms with Crippen molar-refractivity contribution in [2.24, 2.45) is 0 Å². The maximum atomic E-state index is 13.2. The molecule has 1 atom stereocenters. The van der Waals surface area contributed by atoms with Gasteiger partial charge in [0.15, 0.2) is 11.6 Å². The van der Waals surface area contributed by atoms with Crippen LogP contribution in [0.3, 0.4) is 0 Å². The molecule has 1 unspecified atom stereocenters. The van der Waals surface area contributed by atoms with Crippen molar-refractivity contribution in [2.75, 3.05) is 0 Å². The summed E-state index contributed by atoms with van der Waals surface area (Å²) in [4.78, 5) is 22.9. The predicted molar refractivity (Wildman–Crippen MR) is 65.1 cm³/mol. The highest BCUT2D eigenvalue weighted by Crippen LogP contribution is 2.16. The molecule has 106 valence electrons. The minimum atomic E-state index is -1.54. The number of carboxylic acid groups (broad SMARTS) is 1. The number of benzene rings is 1. The highest BCUT2D eigenvalue weighted by Gasteiger charge is 2.22. The van der Waals surface area contributed by atoms with E-state index in [1.54, 1.807) is 6.92 Å². The van der Waals surface area contributed by atoms with E-state index in [-0.39, 0.29) is 6.42 Å². The van der Waals surface area contributed by atoms with Crippen LogP contribution in [0.25, 0.3) is 0 Å². The summed E-state index contributed by atoms with van der Waals surface area (Å²) < 4.78 is 26.2. The summed E-state index contributed by atoms with van der Waals surface area (Å²) in [6.45, 7) is 1.73. The fourth-order valence-corrected chi connectivity index (χ4v) is 1.58. The number of carboxylic acids is 1. The van der Waals surface area contributed by atoms with Gasteiger partial charge in [0.25, 0.3) is 5.91 Å². The highest BCUT2D eigenvalue weighted by atomic mass is 19.2. The first kappa shape index (κ1) is 15.6. The summed E-state index contributed by atoms with van der Waals surface area (Å²) in [5, 5.41) is 19.9. The van der Waals surface area contributed by atoms with E-state index in [1.165, 1.54) is 0 Å². The van der Waals surface area contributed by atoms with Gasteiger partial charge in [-0.25, -0.2) is 13.6 Å². The molecule has 1 aromatic carbocycles. The molecular weight excluding hydrogens is 270 g/mol. The second-order valence-electron chi connectivity index (χ2n) is 4.06. The van der Waals surface area contributed by atoms with Crippen molar-refractivity contribution in [1.29, 1.82) is 5.26 Å². The Labute approximate surface area is 113 Å². The van der Waals surface area contributed by atoms with Crippen molar-refractivity contribution in [3.05, 3.63) is 34.9 Å².